The van der Waals surface area contributed by atoms with E-state index in [2.05, 4.69) is 4.90 Å². The van der Waals surface area contributed by atoms with Gasteiger partial charge >= 0.3 is 0 Å². The minimum Gasteiger partial charge on any atom is -0.391 e. The van der Waals surface area contributed by atoms with Crippen molar-refractivity contribution in [3.05, 3.63) is 0 Å². The maximum atomic E-state index is 9.46. The van der Waals surface area contributed by atoms with Gasteiger partial charge in [0.1, 0.15) is 0 Å². The molecule has 0 saturated carbocycles. The predicted molar refractivity (Wildman–Crippen MR) is 56.6 cm³/mol. The van der Waals surface area contributed by atoms with Crippen molar-refractivity contribution in [2.45, 2.75) is 35.7 Å². The van der Waals surface area contributed by atoms with E-state index >= 15 is 0 Å². The van der Waals surface area contributed by atoms with Gasteiger partial charge in [0.2, 0.25) is 0 Å². The summed E-state index contributed by atoms with van der Waals surface area (Å²) in [6, 6.07) is 0.187. The fourth-order valence-electron chi connectivity index (χ4n) is 1.57. The molecule has 78 valence electrons. The van der Waals surface area contributed by atoms with Crippen molar-refractivity contribution in [2.24, 2.45) is 0 Å². The van der Waals surface area contributed by atoms with Gasteiger partial charge in [-0.15, -0.1) is 0 Å². The summed E-state index contributed by atoms with van der Waals surface area (Å²) < 4.78 is -1.17. The molecule has 1 saturated heterocycles. The van der Waals surface area contributed by atoms with Gasteiger partial charge in [-0.05, 0) is 13.3 Å². The molecule has 1 fully saturated rings. The molecule has 1 N–H and O–H groups in total. The highest BCUT2D eigenvalue weighted by Gasteiger charge is 2.30. The second-order valence-electron chi connectivity index (χ2n) is 3.50. The smallest absolute Gasteiger partial charge is 0.191 e. The number of alkyl halides is 3. The molecular weight excluding hydrogens is 232 g/mol. The highest BCUT2D eigenvalue weighted by atomic mass is 35.6. The lowest BCUT2D eigenvalue weighted by Crippen LogP contribution is -2.34. The van der Waals surface area contributed by atoms with Crippen molar-refractivity contribution in [1.29, 1.82) is 0 Å². The first-order valence-corrected chi connectivity index (χ1v) is 5.52. The number of halogens is 3. The molecule has 0 spiro atoms. The van der Waals surface area contributed by atoms with Gasteiger partial charge in [0.05, 0.1) is 6.10 Å². The first kappa shape index (κ1) is 11.9. The molecule has 13 heavy (non-hydrogen) atoms. The third-order valence-corrected chi connectivity index (χ3v) is 3.09. The second-order valence-corrected chi connectivity index (χ2v) is 6.01. The second kappa shape index (κ2) is 4.54. The molecule has 0 radical (unpaired) electrons. The van der Waals surface area contributed by atoms with E-state index < -0.39 is 3.79 Å². The van der Waals surface area contributed by atoms with E-state index in [4.69, 9.17) is 34.8 Å². The molecule has 1 heterocycles. The Morgan fingerprint density at radius 1 is 1.46 bits per heavy atom. The van der Waals surface area contributed by atoms with Crippen molar-refractivity contribution in [3.63, 3.8) is 0 Å². The standard InChI is InChI=1S/C8H14Cl3NO/c1-6-7(13)2-4-12(6)5-3-8(9,10)11/h6-7,13H,2-5H2,1H3/t6-,7+/m0/s1. The van der Waals surface area contributed by atoms with Crippen LogP contribution in [0, 0.1) is 0 Å². The lowest BCUT2D eigenvalue weighted by Gasteiger charge is -2.23. The number of hydrogen-bond acceptors (Lipinski definition) is 2. The summed E-state index contributed by atoms with van der Waals surface area (Å²) in [6.45, 7) is 3.62. The van der Waals surface area contributed by atoms with Crippen LogP contribution in [0.3, 0.4) is 0 Å². The Bertz CT molecular complexity index is 171. The molecule has 0 aromatic carbocycles. The first-order chi connectivity index (χ1) is 5.90. The Labute approximate surface area is 93.8 Å². The minimum atomic E-state index is -1.17. The predicted octanol–water partition coefficient (Wildman–Crippen LogP) is 2.20. The number of nitrogens with zero attached hydrogens (tertiary/aromatic N) is 1. The zero-order chi connectivity index (χ0) is 10.1. The number of likely N-dealkylation sites (tertiary alicyclic amines) is 1. The lowest BCUT2D eigenvalue weighted by molar-refractivity contribution is 0.126. The van der Waals surface area contributed by atoms with Gasteiger partial charge in [-0.25, -0.2) is 0 Å². The molecular formula is C8H14Cl3NO. The zero-order valence-corrected chi connectivity index (χ0v) is 9.78. The molecule has 0 aliphatic carbocycles. The third-order valence-electron chi connectivity index (χ3n) is 2.53. The van der Waals surface area contributed by atoms with Crippen molar-refractivity contribution >= 4 is 34.8 Å². The van der Waals surface area contributed by atoms with Crippen molar-refractivity contribution in [1.82, 2.24) is 4.90 Å². The summed E-state index contributed by atoms with van der Waals surface area (Å²) in [7, 11) is 0. The fraction of sp³-hybridized carbons (Fsp3) is 1.00. The minimum absolute atomic E-state index is 0.187. The van der Waals surface area contributed by atoms with Crippen LogP contribution in [0.2, 0.25) is 0 Å². The molecule has 1 aliphatic heterocycles. The molecule has 5 heteroatoms. The average Bonchev–Trinajstić information content (AvgIpc) is 2.29. The Kier molecular flexibility index (Phi) is 4.14. The average molecular weight is 247 g/mol. The summed E-state index contributed by atoms with van der Waals surface area (Å²) >= 11 is 16.9. The molecule has 0 aromatic rings. The van der Waals surface area contributed by atoms with Gasteiger partial charge in [0, 0.05) is 25.6 Å². The topological polar surface area (TPSA) is 23.5 Å². The number of aliphatic hydroxyl groups is 1. The van der Waals surface area contributed by atoms with Crippen LogP contribution < -0.4 is 0 Å². The van der Waals surface area contributed by atoms with Gasteiger partial charge in [0.15, 0.2) is 3.79 Å². The summed E-state index contributed by atoms with van der Waals surface area (Å²) in [4.78, 5) is 2.15. The van der Waals surface area contributed by atoms with E-state index in [-0.39, 0.29) is 12.1 Å². The van der Waals surface area contributed by atoms with Gasteiger partial charge in [-0.2, -0.15) is 0 Å². The zero-order valence-electron chi connectivity index (χ0n) is 7.51. The van der Waals surface area contributed by atoms with Crippen LogP contribution in [0.4, 0.5) is 0 Å². The number of hydrogen-bond donors (Lipinski definition) is 1. The molecule has 2 nitrogen and oxygen atoms in total. The van der Waals surface area contributed by atoms with Crippen LogP contribution in [0.15, 0.2) is 0 Å². The highest BCUT2D eigenvalue weighted by molar-refractivity contribution is 6.67. The van der Waals surface area contributed by atoms with E-state index in [1.54, 1.807) is 0 Å². The fourth-order valence-corrected chi connectivity index (χ4v) is 1.83. The summed E-state index contributed by atoms with van der Waals surface area (Å²) in [5, 5.41) is 9.46. The van der Waals surface area contributed by atoms with Crippen LogP contribution in [-0.4, -0.2) is 39.0 Å². The molecule has 2 atom stereocenters. The third kappa shape index (κ3) is 3.80. The Balaban J connectivity index is 2.30. The molecule has 1 aliphatic rings. The van der Waals surface area contributed by atoms with Crippen LogP contribution >= 0.6 is 34.8 Å². The SMILES string of the molecule is C[C@H]1[C@H](O)CCN1CCC(Cl)(Cl)Cl. The van der Waals surface area contributed by atoms with E-state index in [0.717, 1.165) is 19.5 Å². The Morgan fingerprint density at radius 3 is 2.46 bits per heavy atom. The van der Waals surface area contributed by atoms with Gasteiger partial charge in [0.25, 0.3) is 0 Å². The Morgan fingerprint density at radius 2 is 2.08 bits per heavy atom. The molecule has 0 bridgehead atoms. The molecule has 1 rings (SSSR count). The normalized spacial score (nSPS) is 31.2. The maximum Gasteiger partial charge on any atom is 0.191 e. The van der Waals surface area contributed by atoms with Crippen LogP contribution in [0.1, 0.15) is 19.8 Å². The number of aliphatic hydroxyl groups excluding tert-OH is 1. The van der Waals surface area contributed by atoms with E-state index in [9.17, 15) is 5.11 Å². The maximum absolute atomic E-state index is 9.46. The van der Waals surface area contributed by atoms with Gasteiger partial charge in [-0.3, -0.25) is 4.90 Å². The molecule has 0 aromatic heterocycles. The highest BCUT2D eigenvalue weighted by Crippen LogP contribution is 2.31. The summed E-state index contributed by atoms with van der Waals surface area (Å²) in [5.74, 6) is 0. The first-order valence-electron chi connectivity index (χ1n) is 4.39. The van der Waals surface area contributed by atoms with Crippen LogP contribution in [0.25, 0.3) is 0 Å². The quantitative estimate of drug-likeness (QED) is 0.755. The van der Waals surface area contributed by atoms with Crippen molar-refractivity contribution in [3.8, 4) is 0 Å². The van der Waals surface area contributed by atoms with Crippen molar-refractivity contribution in [2.75, 3.05) is 13.1 Å². The monoisotopic (exact) mass is 245 g/mol. The Hall–Kier alpha value is 0.790. The van der Waals surface area contributed by atoms with E-state index in [1.165, 1.54) is 0 Å². The summed E-state index contributed by atoms with van der Waals surface area (Å²) in [5.41, 5.74) is 0. The lowest BCUT2D eigenvalue weighted by atomic mass is 10.2. The van der Waals surface area contributed by atoms with E-state index in [0.29, 0.717) is 6.42 Å². The molecule has 0 amide bonds. The van der Waals surface area contributed by atoms with E-state index in [1.807, 2.05) is 6.92 Å². The van der Waals surface area contributed by atoms with Crippen LogP contribution in [-0.2, 0) is 0 Å². The van der Waals surface area contributed by atoms with Crippen LogP contribution in [0.5, 0.6) is 0 Å². The van der Waals surface area contributed by atoms with Gasteiger partial charge < -0.3 is 5.11 Å². The van der Waals surface area contributed by atoms with Crippen molar-refractivity contribution < 1.29 is 5.11 Å². The number of rotatable bonds is 2. The summed E-state index contributed by atoms with van der Waals surface area (Å²) in [6.07, 6.45) is 1.10. The molecule has 0 unspecified atom stereocenters. The van der Waals surface area contributed by atoms with Gasteiger partial charge in [-0.1, -0.05) is 34.8 Å². The largest absolute Gasteiger partial charge is 0.391 e.